The van der Waals surface area contributed by atoms with E-state index in [-0.39, 0.29) is 11.3 Å². The SMILES string of the molecule is O=C(NCC1(CBr)CCCCC1)c1cc2c(s1)CCC2. The topological polar surface area (TPSA) is 29.1 Å². The van der Waals surface area contributed by atoms with Gasteiger partial charge in [0, 0.05) is 16.8 Å². The fourth-order valence-corrected chi connectivity index (χ4v) is 5.38. The average molecular weight is 356 g/mol. The lowest BCUT2D eigenvalue weighted by Gasteiger charge is -2.35. The third-order valence-corrected chi connectivity index (χ3v) is 7.22. The zero-order valence-electron chi connectivity index (χ0n) is 11.8. The number of amides is 1. The standard InChI is InChI=1S/C16H22BrNOS/c17-10-16(7-2-1-3-8-16)11-18-15(19)14-9-12-5-4-6-13(12)20-14/h9H,1-8,10-11H2,(H,18,19). The molecule has 2 nitrogen and oxygen atoms in total. The number of hydrogen-bond acceptors (Lipinski definition) is 2. The Morgan fingerprint density at radius 1 is 1.25 bits per heavy atom. The third kappa shape index (κ3) is 2.96. The number of carbonyl (C=O) groups excluding carboxylic acids is 1. The van der Waals surface area contributed by atoms with Crippen molar-refractivity contribution in [3.63, 3.8) is 0 Å². The Morgan fingerprint density at radius 2 is 2.05 bits per heavy atom. The van der Waals surface area contributed by atoms with Gasteiger partial charge in [-0.15, -0.1) is 11.3 Å². The number of carbonyl (C=O) groups is 1. The first-order valence-corrected chi connectivity index (χ1v) is 9.62. The van der Waals surface area contributed by atoms with E-state index in [0.29, 0.717) is 0 Å². The van der Waals surface area contributed by atoms with Crippen LogP contribution in [0.2, 0.25) is 0 Å². The minimum Gasteiger partial charge on any atom is -0.351 e. The predicted octanol–water partition coefficient (Wildman–Crippen LogP) is 4.31. The Bertz CT molecular complexity index is 469. The van der Waals surface area contributed by atoms with Crippen LogP contribution in [0.4, 0.5) is 0 Å². The molecule has 1 fully saturated rings. The Balaban J connectivity index is 1.60. The molecule has 0 aliphatic heterocycles. The van der Waals surface area contributed by atoms with Crippen LogP contribution < -0.4 is 5.32 Å². The number of fused-ring (bicyclic) bond motifs is 1. The van der Waals surface area contributed by atoms with E-state index in [4.69, 9.17) is 0 Å². The molecule has 1 amide bonds. The van der Waals surface area contributed by atoms with Crippen molar-refractivity contribution in [3.8, 4) is 0 Å². The molecule has 1 aromatic heterocycles. The highest BCUT2D eigenvalue weighted by Gasteiger charge is 2.31. The number of hydrogen-bond donors (Lipinski definition) is 1. The minimum atomic E-state index is 0.135. The zero-order valence-corrected chi connectivity index (χ0v) is 14.2. The summed E-state index contributed by atoms with van der Waals surface area (Å²) < 4.78 is 0. The predicted molar refractivity (Wildman–Crippen MR) is 88.0 cm³/mol. The van der Waals surface area contributed by atoms with E-state index in [1.165, 1.54) is 55.4 Å². The fraction of sp³-hybridized carbons (Fsp3) is 0.688. The molecule has 110 valence electrons. The van der Waals surface area contributed by atoms with Crippen LogP contribution in [-0.4, -0.2) is 17.8 Å². The van der Waals surface area contributed by atoms with Crippen LogP contribution in [0, 0.1) is 5.41 Å². The van der Waals surface area contributed by atoms with Crippen molar-refractivity contribution in [2.24, 2.45) is 5.41 Å². The van der Waals surface area contributed by atoms with Gasteiger partial charge in [0.2, 0.25) is 0 Å². The molecular formula is C16H22BrNOS. The zero-order chi connectivity index (χ0) is 14.0. The maximum Gasteiger partial charge on any atom is 0.261 e. The van der Waals surface area contributed by atoms with Gasteiger partial charge in [0.25, 0.3) is 5.91 Å². The van der Waals surface area contributed by atoms with Crippen LogP contribution in [0.1, 0.15) is 58.6 Å². The Labute approximate surface area is 133 Å². The highest BCUT2D eigenvalue weighted by atomic mass is 79.9. The second kappa shape index (κ2) is 6.18. The number of nitrogens with one attached hydrogen (secondary N) is 1. The summed E-state index contributed by atoms with van der Waals surface area (Å²) in [6.07, 6.45) is 10.0. The van der Waals surface area contributed by atoms with Crippen LogP contribution >= 0.6 is 27.3 Å². The van der Waals surface area contributed by atoms with Crippen molar-refractivity contribution in [1.82, 2.24) is 5.32 Å². The first-order valence-electron chi connectivity index (χ1n) is 7.68. The second-order valence-electron chi connectivity index (χ2n) is 6.29. The molecule has 0 radical (unpaired) electrons. The smallest absolute Gasteiger partial charge is 0.261 e. The van der Waals surface area contributed by atoms with Gasteiger partial charge in [-0.05, 0) is 49.1 Å². The lowest BCUT2D eigenvalue weighted by atomic mass is 9.75. The van der Waals surface area contributed by atoms with Gasteiger partial charge in [-0.2, -0.15) is 0 Å². The monoisotopic (exact) mass is 355 g/mol. The minimum absolute atomic E-state index is 0.135. The lowest BCUT2D eigenvalue weighted by Crippen LogP contribution is -2.40. The van der Waals surface area contributed by atoms with E-state index in [1.807, 2.05) is 0 Å². The van der Waals surface area contributed by atoms with E-state index in [9.17, 15) is 4.79 Å². The summed E-state index contributed by atoms with van der Waals surface area (Å²) in [5.74, 6) is 0.135. The van der Waals surface area contributed by atoms with Gasteiger partial charge in [-0.25, -0.2) is 0 Å². The molecular weight excluding hydrogens is 334 g/mol. The summed E-state index contributed by atoms with van der Waals surface area (Å²) in [7, 11) is 0. The molecule has 20 heavy (non-hydrogen) atoms. The molecule has 2 aliphatic rings. The van der Waals surface area contributed by atoms with Crippen molar-refractivity contribution < 1.29 is 4.79 Å². The highest BCUT2D eigenvalue weighted by molar-refractivity contribution is 9.09. The van der Waals surface area contributed by atoms with E-state index in [0.717, 1.165) is 23.2 Å². The van der Waals surface area contributed by atoms with Gasteiger partial charge in [0.1, 0.15) is 0 Å². The number of halogens is 1. The molecule has 1 N–H and O–H groups in total. The van der Waals surface area contributed by atoms with Gasteiger partial charge in [-0.3, -0.25) is 4.79 Å². The summed E-state index contributed by atoms with van der Waals surface area (Å²) in [5.41, 5.74) is 1.70. The number of thiophene rings is 1. The van der Waals surface area contributed by atoms with Gasteiger partial charge < -0.3 is 5.32 Å². The van der Waals surface area contributed by atoms with Gasteiger partial charge in [-0.1, -0.05) is 35.2 Å². The van der Waals surface area contributed by atoms with Crippen LogP contribution in [0.25, 0.3) is 0 Å². The lowest BCUT2D eigenvalue weighted by molar-refractivity contribution is 0.0926. The average Bonchev–Trinajstić information content (AvgIpc) is 3.07. The van der Waals surface area contributed by atoms with Crippen LogP contribution in [0.5, 0.6) is 0 Å². The van der Waals surface area contributed by atoms with Crippen LogP contribution in [-0.2, 0) is 12.8 Å². The van der Waals surface area contributed by atoms with E-state index in [2.05, 4.69) is 27.3 Å². The Kier molecular flexibility index (Phi) is 4.51. The molecule has 3 rings (SSSR count). The van der Waals surface area contributed by atoms with Gasteiger partial charge in [0.15, 0.2) is 0 Å². The molecule has 0 aromatic carbocycles. The Hall–Kier alpha value is -0.350. The molecule has 1 saturated carbocycles. The van der Waals surface area contributed by atoms with Gasteiger partial charge in [0.05, 0.1) is 4.88 Å². The summed E-state index contributed by atoms with van der Waals surface area (Å²) >= 11 is 5.36. The molecule has 1 aromatic rings. The number of aryl methyl sites for hydroxylation is 2. The summed E-state index contributed by atoms with van der Waals surface area (Å²) in [5, 5.41) is 4.19. The van der Waals surface area contributed by atoms with Crippen molar-refractivity contribution in [3.05, 3.63) is 21.4 Å². The highest BCUT2D eigenvalue weighted by Crippen LogP contribution is 2.37. The molecule has 0 atom stereocenters. The molecule has 0 bridgehead atoms. The van der Waals surface area contributed by atoms with E-state index >= 15 is 0 Å². The molecule has 0 spiro atoms. The largest absolute Gasteiger partial charge is 0.351 e. The van der Waals surface area contributed by atoms with Crippen molar-refractivity contribution >= 4 is 33.2 Å². The van der Waals surface area contributed by atoms with Crippen molar-refractivity contribution in [1.29, 1.82) is 0 Å². The number of alkyl halides is 1. The molecule has 0 saturated heterocycles. The second-order valence-corrected chi connectivity index (χ2v) is 7.99. The van der Waals surface area contributed by atoms with Gasteiger partial charge >= 0.3 is 0 Å². The summed E-state index contributed by atoms with van der Waals surface area (Å²) in [4.78, 5) is 14.7. The molecule has 4 heteroatoms. The van der Waals surface area contributed by atoms with Crippen LogP contribution in [0.3, 0.4) is 0 Å². The van der Waals surface area contributed by atoms with E-state index in [1.54, 1.807) is 11.3 Å². The molecule has 0 unspecified atom stereocenters. The third-order valence-electron chi connectivity index (χ3n) is 4.79. The quantitative estimate of drug-likeness (QED) is 0.801. The maximum atomic E-state index is 12.3. The molecule has 2 aliphatic carbocycles. The maximum absolute atomic E-state index is 12.3. The van der Waals surface area contributed by atoms with Crippen LogP contribution in [0.15, 0.2) is 6.07 Å². The fourth-order valence-electron chi connectivity index (χ4n) is 3.46. The summed E-state index contributed by atoms with van der Waals surface area (Å²) in [6, 6.07) is 2.12. The normalized spacial score (nSPS) is 20.6. The van der Waals surface area contributed by atoms with E-state index < -0.39 is 0 Å². The van der Waals surface area contributed by atoms with Crippen molar-refractivity contribution in [2.75, 3.05) is 11.9 Å². The first-order chi connectivity index (χ1) is 9.72. The van der Waals surface area contributed by atoms with Crippen molar-refractivity contribution in [2.45, 2.75) is 51.4 Å². The summed E-state index contributed by atoms with van der Waals surface area (Å²) in [6.45, 7) is 0.819. The number of rotatable bonds is 4. The Morgan fingerprint density at radius 3 is 2.75 bits per heavy atom. The molecule has 1 heterocycles. The first kappa shape index (κ1) is 14.6.